The highest BCUT2D eigenvalue weighted by atomic mass is 35.5. The van der Waals surface area contributed by atoms with E-state index in [2.05, 4.69) is 6.92 Å². The Morgan fingerprint density at radius 1 is 1.35 bits per heavy atom. The van der Waals surface area contributed by atoms with E-state index in [0.717, 1.165) is 29.7 Å². The van der Waals surface area contributed by atoms with E-state index in [9.17, 15) is 9.32 Å². The maximum Gasteiger partial charge on any atom is 0.135 e. The molecule has 0 heterocycles. The summed E-state index contributed by atoms with van der Waals surface area (Å²) in [5, 5.41) is 9.69. The molecule has 1 aromatic carbocycles. The van der Waals surface area contributed by atoms with Gasteiger partial charge < -0.3 is 5.11 Å². The van der Waals surface area contributed by atoms with E-state index in [1.54, 1.807) is 0 Å². The van der Waals surface area contributed by atoms with Gasteiger partial charge in [-0.15, -0.1) is 11.6 Å². The van der Waals surface area contributed by atoms with Crippen LogP contribution in [0.5, 0.6) is 0 Å². The van der Waals surface area contributed by atoms with Crippen LogP contribution in [0.25, 0.3) is 0 Å². The molecule has 112 valence electrons. The molecule has 1 fully saturated rings. The molecule has 0 aliphatic heterocycles. The second-order valence-corrected chi connectivity index (χ2v) is 8.47. The van der Waals surface area contributed by atoms with Crippen LogP contribution in [0.4, 0.5) is 0 Å². The van der Waals surface area contributed by atoms with Gasteiger partial charge in [-0.2, -0.15) is 0 Å². The molecule has 1 N–H and O–H groups in total. The van der Waals surface area contributed by atoms with Crippen LogP contribution in [-0.4, -0.2) is 20.1 Å². The largest absolute Gasteiger partial charge is 0.396 e. The lowest BCUT2D eigenvalue weighted by atomic mass is 10.0. The number of rotatable bonds is 6. The molecule has 2 nitrogen and oxygen atoms in total. The number of benzene rings is 1. The van der Waals surface area contributed by atoms with Gasteiger partial charge in [0, 0.05) is 16.2 Å². The van der Waals surface area contributed by atoms with Gasteiger partial charge in [0.05, 0.1) is 17.4 Å². The summed E-state index contributed by atoms with van der Waals surface area (Å²) in [5.74, 6) is 0.115. The SMILES string of the molecule is CCCC[C@@H]1[C@@](C)(CO)[C@@]1(Cl)S(=O)c1ccc(C)cc1. The summed E-state index contributed by atoms with van der Waals surface area (Å²) in [5.41, 5.74) is 0.692. The van der Waals surface area contributed by atoms with E-state index >= 15 is 0 Å². The molecular weight excluding hydrogens is 292 g/mol. The standard InChI is InChI=1S/C16H23ClO2S/c1-4-5-6-14-15(3,11-18)16(14,17)20(19)13-9-7-12(2)8-10-13/h7-10,14,18H,4-6,11H2,1-3H3/t14-,15-,16+,20?/m1/s1. The highest BCUT2D eigenvalue weighted by molar-refractivity contribution is 7.88. The fourth-order valence-corrected chi connectivity index (χ4v) is 5.68. The van der Waals surface area contributed by atoms with Crippen molar-refractivity contribution in [1.29, 1.82) is 0 Å². The first-order valence-corrected chi connectivity index (χ1v) is 8.73. The minimum Gasteiger partial charge on any atom is -0.396 e. The minimum absolute atomic E-state index is 0.0114. The molecule has 1 aromatic rings. The molecule has 1 aliphatic carbocycles. The van der Waals surface area contributed by atoms with Crippen molar-refractivity contribution in [2.24, 2.45) is 11.3 Å². The smallest absolute Gasteiger partial charge is 0.135 e. The molecule has 20 heavy (non-hydrogen) atoms. The van der Waals surface area contributed by atoms with Gasteiger partial charge in [0.2, 0.25) is 0 Å². The van der Waals surface area contributed by atoms with Crippen LogP contribution in [0, 0.1) is 18.3 Å². The number of halogens is 1. The monoisotopic (exact) mass is 314 g/mol. The molecule has 0 amide bonds. The molecule has 0 spiro atoms. The minimum atomic E-state index is -1.30. The normalized spacial score (nSPS) is 34.0. The lowest BCUT2D eigenvalue weighted by molar-refractivity contribution is 0.208. The van der Waals surface area contributed by atoms with E-state index in [0.29, 0.717) is 0 Å². The summed E-state index contributed by atoms with van der Waals surface area (Å²) in [4.78, 5) is 0.754. The first-order chi connectivity index (χ1) is 9.41. The van der Waals surface area contributed by atoms with Crippen molar-refractivity contribution in [2.45, 2.75) is 49.1 Å². The van der Waals surface area contributed by atoms with E-state index < -0.39 is 20.4 Å². The van der Waals surface area contributed by atoms with Crippen LogP contribution >= 0.6 is 11.6 Å². The third-order valence-electron chi connectivity index (χ3n) is 4.59. The van der Waals surface area contributed by atoms with Crippen LogP contribution in [-0.2, 0) is 10.8 Å². The number of aryl methyl sites for hydroxylation is 1. The van der Waals surface area contributed by atoms with Crippen LogP contribution in [0.15, 0.2) is 29.2 Å². The molecule has 1 aliphatic rings. The van der Waals surface area contributed by atoms with Crippen molar-refractivity contribution in [3.05, 3.63) is 29.8 Å². The van der Waals surface area contributed by atoms with Gasteiger partial charge in [-0.25, -0.2) is 0 Å². The van der Waals surface area contributed by atoms with Crippen molar-refractivity contribution in [2.75, 3.05) is 6.61 Å². The molecule has 0 radical (unpaired) electrons. The van der Waals surface area contributed by atoms with Gasteiger partial charge in [0.15, 0.2) is 0 Å². The Balaban J connectivity index is 2.25. The lowest BCUT2D eigenvalue weighted by Gasteiger charge is -2.14. The zero-order valence-electron chi connectivity index (χ0n) is 12.4. The number of alkyl halides is 1. The van der Waals surface area contributed by atoms with Gasteiger partial charge >= 0.3 is 0 Å². The second-order valence-electron chi connectivity index (χ2n) is 6.00. The summed E-state index contributed by atoms with van der Waals surface area (Å²) >= 11 is 6.72. The first kappa shape index (κ1) is 16.0. The van der Waals surface area contributed by atoms with Crippen LogP contribution in [0.3, 0.4) is 0 Å². The number of hydrogen-bond acceptors (Lipinski definition) is 2. The highest BCUT2D eigenvalue weighted by Crippen LogP contribution is 2.70. The van der Waals surface area contributed by atoms with Crippen molar-refractivity contribution in [3.8, 4) is 0 Å². The zero-order valence-corrected chi connectivity index (χ0v) is 13.9. The first-order valence-electron chi connectivity index (χ1n) is 7.20. The highest BCUT2D eigenvalue weighted by Gasteiger charge is 2.76. The van der Waals surface area contributed by atoms with Gasteiger partial charge in [-0.05, 0) is 25.5 Å². The van der Waals surface area contributed by atoms with Crippen LogP contribution in [0.2, 0.25) is 0 Å². The number of aliphatic hydroxyl groups is 1. The zero-order chi connectivity index (χ0) is 15.0. The average molecular weight is 315 g/mol. The van der Waals surface area contributed by atoms with Gasteiger partial charge in [0.25, 0.3) is 0 Å². The van der Waals surface area contributed by atoms with Crippen LogP contribution in [0.1, 0.15) is 38.7 Å². The second kappa shape index (κ2) is 5.78. The Labute approximate surface area is 129 Å². The Morgan fingerprint density at radius 2 is 1.95 bits per heavy atom. The lowest BCUT2D eigenvalue weighted by Crippen LogP contribution is -2.20. The van der Waals surface area contributed by atoms with E-state index in [-0.39, 0.29) is 12.5 Å². The predicted molar refractivity (Wildman–Crippen MR) is 84.4 cm³/mol. The molecule has 0 bridgehead atoms. The van der Waals surface area contributed by atoms with Crippen molar-refractivity contribution >= 4 is 22.4 Å². The Hall–Kier alpha value is -0.380. The maximum atomic E-state index is 12.9. The maximum absolute atomic E-state index is 12.9. The predicted octanol–water partition coefficient (Wildman–Crippen LogP) is 3.86. The van der Waals surface area contributed by atoms with E-state index in [4.69, 9.17) is 11.6 Å². The number of aliphatic hydroxyl groups excluding tert-OH is 1. The van der Waals surface area contributed by atoms with E-state index in [1.165, 1.54) is 0 Å². The van der Waals surface area contributed by atoms with Crippen LogP contribution < -0.4 is 0 Å². The Morgan fingerprint density at radius 3 is 2.45 bits per heavy atom. The number of hydrogen-bond donors (Lipinski definition) is 1. The fourth-order valence-electron chi connectivity index (χ4n) is 2.99. The summed E-state index contributed by atoms with van der Waals surface area (Å²) < 4.78 is 12.0. The molecule has 0 saturated heterocycles. The number of unbranched alkanes of at least 4 members (excludes halogenated alkanes) is 1. The van der Waals surface area contributed by atoms with E-state index in [1.807, 2.05) is 38.1 Å². The van der Waals surface area contributed by atoms with Crippen molar-refractivity contribution in [1.82, 2.24) is 0 Å². The summed E-state index contributed by atoms with van der Waals surface area (Å²) in [6, 6.07) is 7.66. The van der Waals surface area contributed by atoms with Crippen molar-refractivity contribution in [3.63, 3.8) is 0 Å². The van der Waals surface area contributed by atoms with Crippen molar-refractivity contribution < 1.29 is 9.32 Å². The molecule has 4 atom stereocenters. The topological polar surface area (TPSA) is 37.3 Å². The molecule has 1 unspecified atom stereocenters. The third kappa shape index (κ3) is 2.34. The molecule has 4 heteroatoms. The fraction of sp³-hybridized carbons (Fsp3) is 0.625. The molecule has 0 aromatic heterocycles. The summed E-state index contributed by atoms with van der Waals surface area (Å²) in [6.45, 7) is 6.07. The van der Waals surface area contributed by atoms with Gasteiger partial charge in [-0.3, -0.25) is 4.21 Å². The summed E-state index contributed by atoms with van der Waals surface area (Å²) in [6.07, 6.45) is 3.07. The average Bonchev–Trinajstić information content (AvgIpc) is 2.94. The van der Waals surface area contributed by atoms with Gasteiger partial charge in [0.1, 0.15) is 4.21 Å². The third-order valence-corrected chi connectivity index (χ3v) is 7.70. The Bertz CT molecular complexity index is 502. The summed E-state index contributed by atoms with van der Waals surface area (Å²) in [7, 11) is -1.30. The van der Waals surface area contributed by atoms with Gasteiger partial charge in [-0.1, -0.05) is 44.4 Å². The molecule has 2 rings (SSSR count). The molecular formula is C16H23ClO2S. The quantitative estimate of drug-likeness (QED) is 0.810. The molecule has 1 saturated carbocycles. The Kier molecular flexibility index (Phi) is 4.63.